The van der Waals surface area contributed by atoms with Gasteiger partial charge in [0.1, 0.15) is 17.3 Å². The van der Waals surface area contributed by atoms with Gasteiger partial charge in [0.25, 0.3) is 11.6 Å². The molecule has 0 N–H and O–H groups in total. The van der Waals surface area contributed by atoms with Crippen LogP contribution in [0, 0.1) is 15.9 Å². The van der Waals surface area contributed by atoms with E-state index in [0.29, 0.717) is 27.8 Å². The highest BCUT2D eigenvalue weighted by Gasteiger charge is 2.25. The number of nitro groups is 1. The monoisotopic (exact) mass is 479 g/mol. The predicted octanol–water partition coefficient (Wildman–Crippen LogP) is 5.61. The first-order valence-corrected chi connectivity index (χ1v) is 10.9. The maximum absolute atomic E-state index is 13.5. The molecule has 10 heteroatoms. The number of rotatable bonds is 8. The van der Waals surface area contributed by atoms with Crippen molar-refractivity contribution in [1.29, 1.82) is 0 Å². The number of carbonyl (C=O) groups is 1. The number of aromatic nitrogens is 1. The molecule has 172 valence electrons. The van der Waals surface area contributed by atoms with Gasteiger partial charge in [-0.1, -0.05) is 18.2 Å². The van der Waals surface area contributed by atoms with Gasteiger partial charge in [0, 0.05) is 29.1 Å². The van der Waals surface area contributed by atoms with E-state index in [4.69, 9.17) is 9.47 Å². The third-order valence-corrected chi connectivity index (χ3v) is 5.62. The number of anilines is 2. The summed E-state index contributed by atoms with van der Waals surface area (Å²) in [6.07, 6.45) is 0. The molecular formula is C24H18FN3O5S. The minimum Gasteiger partial charge on any atom is -0.495 e. The number of benzene rings is 3. The van der Waals surface area contributed by atoms with Crippen molar-refractivity contribution in [1.82, 2.24) is 4.98 Å². The van der Waals surface area contributed by atoms with Crippen LogP contribution < -0.4 is 14.4 Å². The normalized spacial score (nSPS) is 10.5. The van der Waals surface area contributed by atoms with Crippen molar-refractivity contribution in [3.63, 3.8) is 0 Å². The number of hydrogen-bond acceptors (Lipinski definition) is 7. The molecule has 0 fully saturated rings. The summed E-state index contributed by atoms with van der Waals surface area (Å²) in [5.41, 5.74) is 1.65. The van der Waals surface area contributed by atoms with Crippen LogP contribution in [0.4, 0.5) is 20.9 Å². The lowest BCUT2D eigenvalue weighted by atomic mass is 10.1. The van der Waals surface area contributed by atoms with Crippen LogP contribution in [0.15, 0.2) is 78.2 Å². The minimum atomic E-state index is -0.475. The Morgan fingerprint density at radius 3 is 2.59 bits per heavy atom. The van der Waals surface area contributed by atoms with Crippen molar-refractivity contribution < 1.29 is 23.6 Å². The van der Waals surface area contributed by atoms with Crippen LogP contribution in [0.5, 0.6) is 11.5 Å². The maximum Gasteiger partial charge on any atom is 0.271 e. The molecule has 0 aliphatic heterocycles. The van der Waals surface area contributed by atoms with Gasteiger partial charge in [-0.3, -0.25) is 14.9 Å². The van der Waals surface area contributed by atoms with Crippen LogP contribution in [0.25, 0.3) is 11.3 Å². The number of nitro benzene ring substituents is 1. The maximum atomic E-state index is 13.5. The Labute approximate surface area is 198 Å². The highest BCUT2D eigenvalue weighted by molar-refractivity contribution is 7.14. The molecule has 3 aromatic carbocycles. The molecule has 0 atom stereocenters. The summed E-state index contributed by atoms with van der Waals surface area (Å²) >= 11 is 1.22. The summed E-state index contributed by atoms with van der Waals surface area (Å²) in [6.45, 7) is -0.367. The van der Waals surface area contributed by atoms with E-state index >= 15 is 0 Å². The smallest absolute Gasteiger partial charge is 0.271 e. The van der Waals surface area contributed by atoms with Gasteiger partial charge in [-0.05, 0) is 36.4 Å². The van der Waals surface area contributed by atoms with E-state index < -0.39 is 16.6 Å². The van der Waals surface area contributed by atoms with Crippen LogP contribution in [-0.4, -0.2) is 29.5 Å². The molecule has 1 heterocycles. The summed E-state index contributed by atoms with van der Waals surface area (Å²) in [6, 6.07) is 18.5. The van der Waals surface area contributed by atoms with Gasteiger partial charge in [0.2, 0.25) is 0 Å². The fourth-order valence-corrected chi connectivity index (χ4v) is 4.04. The summed E-state index contributed by atoms with van der Waals surface area (Å²) in [5.74, 6) is -0.245. The number of methoxy groups -OCH3 is 1. The van der Waals surface area contributed by atoms with Crippen LogP contribution in [-0.2, 0) is 4.79 Å². The molecule has 0 saturated carbocycles. The van der Waals surface area contributed by atoms with E-state index in [0.717, 1.165) is 0 Å². The topological polar surface area (TPSA) is 94.8 Å². The third-order valence-electron chi connectivity index (χ3n) is 4.79. The lowest BCUT2D eigenvalue weighted by Gasteiger charge is -2.22. The van der Waals surface area contributed by atoms with Gasteiger partial charge in [0.15, 0.2) is 11.7 Å². The molecule has 0 aliphatic rings. The lowest BCUT2D eigenvalue weighted by molar-refractivity contribution is -0.384. The van der Waals surface area contributed by atoms with Gasteiger partial charge >= 0.3 is 0 Å². The van der Waals surface area contributed by atoms with Gasteiger partial charge in [-0.15, -0.1) is 11.3 Å². The molecule has 1 amide bonds. The molecule has 0 saturated heterocycles. The molecule has 0 bridgehead atoms. The van der Waals surface area contributed by atoms with Crippen molar-refractivity contribution >= 4 is 33.8 Å². The number of carbonyl (C=O) groups excluding carboxylic acids is 1. The van der Waals surface area contributed by atoms with Gasteiger partial charge in [-0.2, -0.15) is 0 Å². The van der Waals surface area contributed by atoms with Gasteiger partial charge < -0.3 is 9.47 Å². The highest BCUT2D eigenvalue weighted by atomic mass is 32.1. The Bertz CT molecular complexity index is 1330. The van der Waals surface area contributed by atoms with Crippen molar-refractivity contribution in [3.8, 4) is 22.8 Å². The Morgan fingerprint density at radius 1 is 1.12 bits per heavy atom. The number of para-hydroxylation sites is 2. The Morgan fingerprint density at radius 2 is 1.88 bits per heavy atom. The summed E-state index contributed by atoms with van der Waals surface area (Å²) < 4.78 is 24.4. The molecule has 4 rings (SSSR count). The standard InChI is InChI=1S/C24H18FN3O5S/c1-32-22-8-3-2-7-21(22)27(23(29)14-33-19-6-4-5-17(25)13-19)24-26-20(15-34-24)16-9-11-18(12-10-16)28(30)31/h2-13,15H,14H2,1H3. The minimum absolute atomic E-state index is 0.0282. The Hall–Kier alpha value is -4.31. The Kier molecular flexibility index (Phi) is 6.79. The largest absolute Gasteiger partial charge is 0.495 e. The fourth-order valence-electron chi connectivity index (χ4n) is 3.18. The van der Waals surface area contributed by atoms with Crippen LogP contribution >= 0.6 is 11.3 Å². The van der Waals surface area contributed by atoms with Crippen molar-refractivity contribution in [3.05, 3.63) is 94.1 Å². The van der Waals surface area contributed by atoms with Gasteiger partial charge in [-0.25, -0.2) is 14.3 Å². The van der Waals surface area contributed by atoms with E-state index in [1.54, 1.807) is 47.8 Å². The molecular weight excluding hydrogens is 461 g/mol. The van der Waals surface area contributed by atoms with Gasteiger partial charge in [0.05, 0.1) is 23.4 Å². The van der Waals surface area contributed by atoms with E-state index in [-0.39, 0.29) is 18.0 Å². The number of thiazole rings is 1. The number of halogens is 1. The first-order chi connectivity index (χ1) is 16.5. The van der Waals surface area contributed by atoms with Crippen molar-refractivity contribution in [2.45, 2.75) is 0 Å². The van der Waals surface area contributed by atoms with Crippen LogP contribution in [0.3, 0.4) is 0 Å². The first-order valence-electron chi connectivity index (χ1n) is 10.0. The molecule has 1 aromatic heterocycles. The zero-order valence-corrected chi connectivity index (χ0v) is 18.7. The van der Waals surface area contributed by atoms with E-state index in [1.165, 1.54) is 53.7 Å². The van der Waals surface area contributed by atoms with Crippen molar-refractivity contribution in [2.75, 3.05) is 18.6 Å². The first kappa shape index (κ1) is 22.9. The second kappa shape index (κ2) is 10.1. The van der Waals surface area contributed by atoms with Crippen LogP contribution in [0.1, 0.15) is 0 Å². The third kappa shape index (κ3) is 5.02. The Balaban J connectivity index is 1.66. The van der Waals surface area contributed by atoms with Crippen LogP contribution in [0.2, 0.25) is 0 Å². The number of non-ortho nitro benzene ring substituents is 1. The molecule has 8 nitrogen and oxygen atoms in total. The molecule has 0 unspecified atom stereocenters. The molecule has 0 aliphatic carbocycles. The van der Waals surface area contributed by atoms with E-state index in [9.17, 15) is 19.3 Å². The average molecular weight is 479 g/mol. The molecule has 34 heavy (non-hydrogen) atoms. The second-order valence-corrected chi connectivity index (χ2v) is 7.80. The summed E-state index contributed by atoms with van der Waals surface area (Å²) in [7, 11) is 1.49. The summed E-state index contributed by atoms with van der Waals surface area (Å²) in [5, 5.41) is 13.0. The fraction of sp³-hybridized carbons (Fsp3) is 0.0833. The number of ether oxygens (including phenoxy) is 2. The second-order valence-electron chi connectivity index (χ2n) is 6.97. The molecule has 0 spiro atoms. The number of hydrogen-bond donors (Lipinski definition) is 0. The molecule has 4 aromatic rings. The number of nitrogens with zero attached hydrogens (tertiary/aromatic N) is 3. The highest BCUT2D eigenvalue weighted by Crippen LogP contribution is 2.37. The predicted molar refractivity (Wildman–Crippen MR) is 126 cm³/mol. The number of amides is 1. The van der Waals surface area contributed by atoms with E-state index in [1.807, 2.05) is 0 Å². The zero-order valence-electron chi connectivity index (χ0n) is 17.9. The molecule has 0 radical (unpaired) electrons. The SMILES string of the molecule is COc1ccccc1N(C(=O)COc1cccc(F)c1)c1nc(-c2ccc([N+](=O)[O-])cc2)cs1. The summed E-state index contributed by atoms with van der Waals surface area (Å²) in [4.78, 5) is 29.7. The zero-order chi connectivity index (χ0) is 24.1. The lowest BCUT2D eigenvalue weighted by Crippen LogP contribution is -2.31. The van der Waals surface area contributed by atoms with E-state index in [2.05, 4.69) is 4.98 Å². The quantitative estimate of drug-likeness (QED) is 0.241. The average Bonchev–Trinajstić information content (AvgIpc) is 3.33. The van der Waals surface area contributed by atoms with Crippen molar-refractivity contribution in [2.24, 2.45) is 0 Å².